The maximum Gasteiger partial charge on any atom is 0.282 e. The topological polar surface area (TPSA) is 53.5 Å². The van der Waals surface area contributed by atoms with Crippen LogP contribution in [0.5, 0.6) is 0 Å². The van der Waals surface area contributed by atoms with E-state index in [4.69, 9.17) is 0 Å². The largest absolute Gasteiger partial charge is 0.282 e. The molecule has 0 saturated carbocycles. The third kappa shape index (κ3) is 3.49. The van der Waals surface area contributed by atoms with Crippen LogP contribution in [0.2, 0.25) is 0 Å². The van der Waals surface area contributed by atoms with E-state index in [1.807, 2.05) is 19.9 Å². The monoisotopic (exact) mass is 257 g/mol. The fourth-order valence-electron chi connectivity index (χ4n) is 1.58. The normalized spacial score (nSPS) is 12.3. The molecule has 6 heteroatoms. The van der Waals surface area contributed by atoms with Crippen molar-refractivity contribution < 1.29 is 8.42 Å². The number of rotatable bonds is 6. The number of nitrogens with zero attached hydrogens (tertiary/aromatic N) is 3. The Balaban J connectivity index is 2.80. The minimum atomic E-state index is -3.36. The number of pyridine rings is 1. The zero-order chi connectivity index (χ0) is 12.9. The van der Waals surface area contributed by atoms with Crippen LogP contribution in [0.1, 0.15) is 19.4 Å². The van der Waals surface area contributed by atoms with E-state index in [0.717, 1.165) is 5.56 Å². The van der Waals surface area contributed by atoms with E-state index in [2.05, 4.69) is 4.98 Å². The molecule has 0 bridgehead atoms. The molecule has 0 aromatic carbocycles. The molecule has 1 aromatic rings. The molecular weight excluding hydrogens is 238 g/mol. The molecule has 0 aliphatic rings. The zero-order valence-corrected chi connectivity index (χ0v) is 11.3. The Bertz CT molecular complexity index is 429. The summed E-state index contributed by atoms with van der Waals surface area (Å²) < 4.78 is 27.0. The molecule has 0 unspecified atom stereocenters. The quantitative estimate of drug-likeness (QED) is 0.767. The molecule has 17 heavy (non-hydrogen) atoms. The molecule has 0 atom stereocenters. The van der Waals surface area contributed by atoms with Gasteiger partial charge in [-0.3, -0.25) is 4.98 Å². The SMILES string of the molecule is CCN(CC)S(=O)(=O)N(C)Cc1cccnc1. The van der Waals surface area contributed by atoms with E-state index < -0.39 is 10.2 Å². The van der Waals surface area contributed by atoms with E-state index in [9.17, 15) is 8.42 Å². The predicted molar refractivity (Wildman–Crippen MR) is 67.5 cm³/mol. The van der Waals surface area contributed by atoms with E-state index in [0.29, 0.717) is 19.6 Å². The van der Waals surface area contributed by atoms with Gasteiger partial charge in [-0.25, -0.2) is 0 Å². The second-order valence-corrected chi connectivity index (χ2v) is 5.74. The van der Waals surface area contributed by atoms with Gasteiger partial charge in [0.15, 0.2) is 0 Å². The number of hydrogen-bond donors (Lipinski definition) is 0. The molecule has 0 fully saturated rings. The van der Waals surface area contributed by atoms with Crippen molar-refractivity contribution in [3.05, 3.63) is 30.1 Å². The summed E-state index contributed by atoms with van der Waals surface area (Å²) in [5.41, 5.74) is 0.880. The summed E-state index contributed by atoms with van der Waals surface area (Å²) in [5, 5.41) is 0. The summed E-state index contributed by atoms with van der Waals surface area (Å²) in [6, 6.07) is 3.66. The molecule has 0 radical (unpaired) electrons. The van der Waals surface area contributed by atoms with E-state index in [-0.39, 0.29) is 0 Å². The van der Waals surface area contributed by atoms with Crippen LogP contribution in [-0.2, 0) is 16.8 Å². The molecule has 0 amide bonds. The van der Waals surface area contributed by atoms with Gasteiger partial charge in [-0.05, 0) is 11.6 Å². The Morgan fingerprint density at radius 1 is 1.29 bits per heavy atom. The fourth-order valence-corrected chi connectivity index (χ4v) is 2.94. The Hall–Kier alpha value is -0.980. The van der Waals surface area contributed by atoms with Crippen LogP contribution in [0, 0.1) is 0 Å². The average molecular weight is 257 g/mol. The molecule has 0 N–H and O–H groups in total. The van der Waals surface area contributed by atoms with Crippen LogP contribution in [0.3, 0.4) is 0 Å². The van der Waals surface area contributed by atoms with Gasteiger partial charge in [0.1, 0.15) is 0 Å². The lowest BCUT2D eigenvalue weighted by Gasteiger charge is -2.25. The van der Waals surface area contributed by atoms with Crippen molar-refractivity contribution in [2.24, 2.45) is 0 Å². The van der Waals surface area contributed by atoms with Crippen LogP contribution in [0.15, 0.2) is 24.5 Å². The van der Waals surface area contributed by atoms with Gasteiger partial charge in [-0.15, -0.1) is 0 Å². The van der Waals surface area contributed by atoms with E-state index in [1.54, 1.807) is 25.5 Å². The minimum absolute atomic E-state index is 0.340. The maximum absolute atomic E-state index is 12.1. The molecule has 96 valence electrons. The summed E-state index contributed by atoms with van der Waals surface area (Å²) in [7, 11) is -1.78. The number of hydrogen-bond acceptors (Lipinski definition) is 3. The van der Waals surface area contributed by atoms with Crippen LogP contribution in [0.4, 0.5) is 0 Å². The van der Waals surface area contributed by atoms with Crippen molar-refractivity contribution in [1.82, 2.24) is 13.6 Å². The molecule has 1 aromatic heterocycles. The van der Waals surface area contributed by atoms with Crippen molar-refractivity contribution >= 4 is 10.2 Å². The van der Waals surface area contributed by atoms with Gasteiger partial charge in [0.05, 0.1) is 0 Å². The summed E-state index contributed by atoms with van der Waals surface area (Å²) in [6.07, 6.45) is 3.34. The predicted octanol–water partition coefficient (Wildman–Crippen LogP) is 1.10. The van der Waals surface area contributed by atoms with Crippen molar-refractivity contribution in [1.29, 1.82) is 0 Å². The molecule has 5 nitrogen and oxygen atoms in total. The minimum Gasteiger partial charge on any atom is -0.264 e. The highest BCUT2D eigenvalue weighted by Gasteiger charge is 2.24. The second-order valence-electron chi connectivity index (χ2n) is 3.71. The maximum atomic E-state index is 12.1. The van der Waals surface area contributed by atoms with Crippen molar-refractivity contribution in [2.45, 2.75) is 20.4 Å². The van der Waals surface area contributed by atoms with Crippen LogP contribution >= 0.6 is 0 Å². The lowest BCUT2D eigenvalue weighted by Crippen LogP contribution is -2.41. The highest BCUT2D eigenvalue weighted by Crippen LogP contribution is 2.10. The molecule has 0 aliphatic heterocycles. The van der Waals surface area contributed by atoms with Gasteiger partial charge in [0.25, 0.3) is 10.2 Å². The Kier molecular flexibility index (Phi) is 5.04. The average Bonchev–Trinajstić information content (AvgIpc) is 2.31. The first-order valence-corrected chi connectivity index (χ1v) is 7.02. The smallest absolute Gasteiger partial charge is 0.264 e. The summed E-state index contributed by atoms with van der Waals surface area (Å²) >= 11 is 0. The first-order chi connectivity index (χ1) is 8.02. The molecule has 1 rings (SSSR count). The van der Waals surface area contributed by atoms with Gasteiger partial charge in [0.2, 0.25) is 0 Å². The molecule has 0 saturated heterocycles. The summed E-state index contributed by atoms with van der Waals surface area (Å²) in [5.74, 6) is 0. The van der Waals surface area contributed by atoms with Crippen molar-refractivity contribution in [2.75, 3.05) is 20.1 Å². The summed E-state index contributed by atoms with van der Waals surface area (Å²) in [6.45, 7) is 4.97. The van der Waals surface area contributed by atoms with Crippen LogP contribution in [0.25, 0.3) is 0 Å². The van der Waals surface area contributed by atoms with Crippen LogP contribution in [-0.4, -0.2) is 42.1 Å². The lowest BCUT2D eigenvalue weighted by molar-refractivity contribution is 0.374. The van der Waals surface area contributed by atoms with Crippen LogP contribution < -0.4 is 0 Å². The third-order valence-electron chi connectivity index (χ3n) is 2.55. The van der Waals surface area contributed by atoms with Gasteiger partial charge >= 0.3 is 0 Å². The Morgan fingerprint density at radius 3 is 2.41 bits per heavy atom. The highest BCUT2D eigenvalue weighted by atomic mass is 32.2. The van der Waals surface area contributed by atoms with Crippen molar-refractivity contribution in [3.8, 4) is 0 Å². The van der Waals surface area contributed by atoms with E-state index in [1.165, 1.54) is 8.61 Å². The molecule has 1 heterocycles. The first kappa shape index (κ1) is 14.1. The fraction of sp³-hybridized carbons (Fsp3) is 0.545. The third-order valence-corrected chi connectivity index (χ3v) is 4.64. The summed E-state index contributed by atoms with van der Waals surface area (Å²) in [4.78, 5) is 3.97. The number of aromatic nitrogens is 1. The van der Waals surface area contributed by atoms with Gasteiger partial charge < -0.3 is 0 Å². The zero-order valence-electron chi connectivity index (χ0n) is 10.5. The highest BCUT2D eigenvalue weighted by molar-refractivity contribution is 7.86. The Labute approximate surface area is 103 Å². The van der Waals surface area contributed by atoms with Gasteiger partial charge in [-0.1, -0.05) is 19.9 Å². The van der Waals surface area contributed by atoms with Gasteiger partial charge in [0, 0.05) is 39.1 Å². The Morgan fingerprint density at radius 2 is 1.94 bits per heavy atom. The van der Waals surface area contributed by atoms with Crippen molar-refractivity contribution in [3.63, 3.8) is 0 Å². The molecule has 0 aliphatic carbocycles. The molecular formula is C11H19N3O2S. The first-order valence-electron chi connectivity index (χ1n) is 5.62. The standard InChI is InChI=1S/C11H19N3O2S/c1-4-14(5-2)17(15,16)13(3)10-11-7-6-8-12-9-11/h6-9H,4-5,10H2,1-3H3. The van der Waals surface area contributed by atoms with Gasteiger partial charge in [-0.2, -0.15) is 17.0 Å². The molecule has 0 spiro atoms. The lowest BCUT2D eigenvalue weighted by atomic mass is 10.3. The second kappa shape index (κ2) is 6.09. The van der Waals surface area contributed by atoms with E-state index >= 15 is 0 Å².